The van der Waals surface area contributed by atoms with Crippen molar-refractivity contribution in [3.8, 4) is 5.75 Å². The fourth-order valence-corrected chi connectivity index (χ4v) is 3.04. The molecule has 0 radical (unpaired) electrons. The van der Waals surface area contributed by atoms with Crippen molar-refractivity contribution in [2.45, 2.75) is 39.0 Å². The van der Waals surface area contributed by atoms with E-state index < -0.39 is 0 Å². The third kappa shape index (κ3) is 5.13. The van der Waals surface area contributed by atoms with Crippen LogP contribution < -0.4 is 10.1 Å². The molecule has 1 aromatic carbocycles. The topological polar surface area (TPSA) is 61.8 Å². The van der Waals surface area contributed by atoms with Crippen LogP contribution in [0.15, 0.2) is 24.3 Å². The normalized spacial score (nSPS) is 18.3. The second kappa shape index (κ2) is 8.38. The Balaban J connectivity index is 1.78. The molecule has 134 valence electrons. The number of hydrogen-bond donors (Lipinski definition) is 2. The van der Waals surface area contributed by atoms with Crippen LogP contribution in [0.1, 0.15) is 39.2 Å². The van der Waals surface area contributed by atoms with Crippen LogP contribution in [0, 0.1) is 5.92 Å². The van der Waals surface area contributed by atoms with Gasteiger partial charge in [0.15, 0.2) is 0 Å². The highest BCUT2D eigenvalue weighted by molar-refractivity contribution is 5.74. The van der Waals surface area contributed by atoms with E-state index in [1.165, 1.54) is 0 Å². The van der Waals surface area contributed by atoms with Gasteiger partial charge in [-0.3, -0.25) is 0 Å². The molecule has 24 heavy (non-hydrogen) atoms. The van der Waals surface area contributed by atoms with Crippen LogP contribution in [-0.2, 0) is 5.41 Å². The minimum Gasteiger partial charge on any atom is -0.491 e. The number of aliphatic hydroxyl groups is 1. The average molecular weight is 334 g/mol. The van der Waals surface area contributed by atoms with Gasteiger partial charge in [-0.25, -0.2) is 4.79 Å². The molecule has 1 heterocycles. The Morgan fingerprint density at radius 3 is 2.83 bits per heavy atom. The van der Waals surface area contributed by atoms with Crippen molar-refractivity contribution in [1.29, 1.82) is 0 Å². The molecule has 1 atom stereocenters. The maximum absolute atomic E-state index is 12.2. The number of carbonyl (C=O) groups excluding carboxylic acids is 1. The van der Waals surface area contributed by atoms with Crippen LogP contribution in [0.4, 0.5) is 4.79 Å². The molecule has 0 aromatic heterocycles. The minimum absolute atomic E-state index is 0.0208. The van der Waals surface area contributed by atoms with Crippen LogP contribution in [0.3, 0.4) is 0 Å². The van der Waals surface area contributed by atoms with Crippen LogP contribution in [0.25, 0.3) is 0 Å². The maximum atomic E-state index is 12.2. The van der Waals surface area contributed by atoms with Gasteiger partial charge in [-0.1, -0.05) is 39.0 Å². The van der Waals surface area contributed by atoms with Crippen molar-refractivity contribution in [2.75, 3.05) is 32.8 Å². The number of rotatable bonds is 5. The molecule has 5 heteroatoms. The monoisotopic (exact) mass is 334 g/mol. The molecule has 1 aliphatic heterocycles. The minimum atomic E-state index is -0.0687. The average Bonchev–Trinajstić information content (AvgIpc) is 2.58. The summed E-state index contributed by atoms with van der Waals surface area (Å²) in [5.74, 6) is 1.08. The molecular formula is C19H30N2O3. The van der Waals surface area contributed by atoms with Crippen LogP contribution in [0.5, 0.6) is 5.75 Å². The lowest BCUT2D eigenvalue weighted by atomic mass is 9.86. The zero-order chi connectivity index (χ0) is 17.6. The zero-order valence-electron chi connectivity index (χ0n) is 15.0. The number of nitrogens with zero attached hydrogens (tertiary/aromatic N) is 1. The van der Waals surface area contributed by atoms with Crippen molar-refractivity contribution in [1.82, 2.24) is 10.2 Å². The van der Waals surface area contributed by atoms with Gasteiger partial charge in [-0.05, 0) is 35.8 Å². The Bertz CT molecular complexity index is 540. The van der Waals surface area contributed by atoms with Crippen LogP contribution in [-0.4, -0.2) is 48.9 Å². The molecule has 1 aliphatic rings. The summed E-state index contributed by atoms with van der Waals surface area (Å²) in [6, 6.07) is 7.96. The summed E-state index contributed by atoms with van der Waals surface area (Å²) in [5, 5.41) is 12.1. The number of likely N-dealkylation sites (tertiary alicyclic amines) is 1. The van der Waals surface area contributed by atoms with Gasteiger partial charge < -0.3 is 20.1 Å². The van der Waals surface area contributed by atoms with E-state index in [4.69, 9.17) is 4.74 Å². The van der Waals surface area contributed by atoms with Gasteiger partial charge in [0.25, 0.3) is 0 Å². The van der Waals surface area contributed by atoms with E-state index in [-0.39, 0.29) is 24.0 Å². The van der Waals surface area contributed by atoms with Crippen LogP contribution in [0.2, 0.25) is 0 Å². The fourth-order valence-electron chi connectivity index (χ4n) is 3.04. The number of benzene rings is 1. The second-order valence-corrected chi connectivity index (χ2v) is 7.46. The zero-order valence-corrected chi connectivity index (χ0v) is 15.0. The number of ether oxygens (including phenoxy) is 1. The third-order valence-electron chi connectivity index (χ3n) is 4.40. The van der Waals surface area contributed by atoms with Gasteiger partial charge in [0, 0.05) is 19.7 Å². The standard InChI is InChI=1S/C19H30N2O3/c1-19(2,3)16-8-4-5-9-17(16)24-12-10-20-18(23)21-11-6-7-15(13-21)14-22/h4-5,8-9,15,22H,6-7,10-14H2,1-3H3,(H,20,23). The van der Waals surface area contributed by atoms with E-state index in [1.807, 2.05) is 18.2 Å². The Kier molecular flexibility index (Phi) is 6.49. The molecule has 1 fully saturated rings. The first-order valence-electron chi connectivity index (χ1n) is 8.77. The molecule has 0 bridgehead atoms. The highest BCUT2D eigenvalue weighted by atomic mass is 16.5. The summed E-state index contributed by atoms with van der Waals surface area (Å²) >= 11 is 0. The van der Waals surface area contributed by atoms with Crippen molar-refractivity contribution >= 4 is 6.03 Å². The molecule has 0 spiro atoms. The summed E-state index contributed by atoms with van der Waals surface area (Å²) in [6.07, 6.45) is 1.95. The SMILES string of the molecule is CC(C)(C)c1ccccc1OCCNC(=O)N1CCCC(CO)C1. The molecule has 2 rings (SSSR count). The van der Waals surface area contributed by atoms with Crippen molar-refractivity contribution in [3.05, 3.63) is 29.8 Å². The van der Waals surface area contributed by atoms with E-state index >= 15 is 0 Å². The number of urea groups is 1. The van der Waals surface area contributed by atoms with E-state index in [0.29, 0.717) is 19.7 Å². The summed E-state index contributed by atoms with van der Waals surface area (Å²) < 4.78 is 5.87. The number of aliphatic hydroxyl groups excluding tert-OH is 1. The number of hydrogen-bond acceptors (Lipinski definition) is 3. The van der Waals surface area contributed by atoms with Gasteiger partial charge in [-0.2, -0.15) is 0 Å². The maximum Gasteiger partial charge on any atom is 0.317 e. The first-order valence-corrected chi connectivity index (χ1v) is 8.77. The van der Waals surface area contributed by atoms with Crippen molar-refractivity contribution < 1.29 is 14.6 Å². The van der Waals surface area contributed by atoms with Crippen molar-refractivity contribution in [2.24, 2.45) is 5.92 Å². The molecule has 0 saturated carbocycles. The third-order valence-corrected chi connectivity index (χ3v) is 4.40. The molecule has 1 aromatic rings. The number of piperidine rings is 1. The van der Waals surface area contributed by atoms with Crippen LogP contribution >= 0.6 is 0 Å². The first-order chi connectivity index (χ1) is 11.4. The van der Waals surface area contributed by atoms with Gasteiger partial charge in [0.2, 0.25) is 0 Å². The lowest BCUT2D eigenvalue weighted by molar-refractivity contribution is 0.129. The van der Waals surface area contributed by atoms with E-state index in [0.717, 1.165) is 30.7 Å². The van der Waals surface area contributed by atoms with E-state index in [9.17, 15) is 9.90 Å². The Hall–Kier alpha value is -1.75. The Morgan fingerprint density at radius 2 is 2.12 bits per heavy atom. The van der Waals surface area contributed by atoms with Gasteiger partial charge in [0.05, 0.1) is 6.54 Å². The molecule has 2 amide bonds. The number of carbonyl (C=O) groups is 1. The lowest BCUT2D eigenvalue weighted by Crippen LogP contribution is -2.47. The second-order valence-electron chi connectivity index (χ2n) is 7.46. The number of para-hydroxylation sites is 1. The van der Waals surface area contributed by atoms with Gasteiger partial charge >= 0.3 is 6.03 Å². The molecule has 1 unspecified atom stereocenters. The summed E-state index contributed by atoms with van der Waals surface area (Å²) in [6.45, 7) is 8.93. The summed E-state index contributed by atoms with van der Waals surface area (Å²) in [4.78, 5) is 14.0. The Labute approximate surface area is 145 Å². The summed E-state index contributed by atoms with van der Waals surface area (Å²) in [7, 11) is 0. The molecule has 0 aliphatic carbocycles. The number of nitrogens with one attached hydrogen (secondary N) is 1. The quantitative estimate of drug-likeness (QED) is 0.814. The van der Waals surface area contributed by atoms with Gasteiger partial charge in [0.1, 0.15) is 12.4 Å². The molecular weight excluding hydrogens is 304 g/mol. The predicted octanol–water partition coefficient (Wildman–Crippen LogP) is 2.78. The predicted molar refractivity (Wildman–Crippen MR) is 95.4 cm³/mol. The highest BCUT2D eigenvalue weighted by Gasteiger charge is 2.23. The molecule has 2 N–H and O–H groups in total. The summed E-state index contributed by atoms with van der Waals surface area (Å²) in [5.41, 5.74) is 1.19. The molecule has 1 saturated heterocycles. The smallest absolute Gasteiger partial charge is 0.317 e. The Morgan fingerprint density at radius 1 is 1.38 bits per heavy atom. The van der Waals surface area contributed by atoms with Crippen molar-refractivity contribution in [3.63, 3.8) is 0 Å². The lowest BCUT2D eigenvalue weighted by Gasteiger charge is -2.31. The fraction of sp³-hybridized carbons (Fsp3) is 0.632. The molecule has 5 nitrogen and oxygen atoms in total. The largest absolute Gasteiger partial charge is 0.491 e. The van der Waals surface area contributed by atoms with E-state index in [2.05, 4.69) is 32.2 Å². The van der Waals surface area contributed by atoms with E-state index in [1.54, 1.807) is 4.90 Å². The van der Waals surface area contributed by atoms with Gasteiger partial charge in [-0.15, -0.1) is 0 Å². The first kappa shape index (κ1) is 18.6. The number of amides is 2. The highest BCUT2D eigenvalue weighted by Crippen LogP contribution is 2.30.